The number of ether oxygens (including phenoxy) is 4. The van der Waals surface area contributed by atoms with Gasteiger partial charge in [0.15, 0.2) is 12.4 Å². The number of allylic oxidation sites excluding steroid dienone is 8. The zero-order chi connectivity index (χ0) is 52.0. The fraction of sp³-hybridized carbons (Fsp3) is 0.823. The molecule has 0 bridgehead atoms. The topological polar surface area (TPSA) is 111 Å². The van der Waals surface area contributed by atoms with Crippen LogP contribution < -0.4 is 5.11 Å². The van der Waals surface area contributed by atoms with E-state index in [9.17, 15) is 19.5 Å². The Balaban J connectivity index is 4.12. The van der Waals surface area contributed by atoms with Crippen LogP contribution in [0.5, 0.6) is 0 Å². The average molecular weight is 1000 g/mol. The first-order valence-electron chi connectivity index (χ1n) is 29.8. The number of carboxylic acids is 1. The molecule has 0 radical (unpaired) electrons. The molecule has 0 rings (SSSR count). The summed E-state index contributed by atoms with van der Waals surface area (Å²) in [4.78, 5) is 37.2. The monoisotopic (exact) mass is 1000 g/mol. The third-order valence-corrected chi connectivity index (χ3v) is 13.0. The van der Waals surface area contributed by atoms with Gasteiger partial charge in [0.2, 0.25) is 0 Å². The van der Waals surface area contributed by atoms with E-state index in [2.05, 4.69) is 62.5 Å². The molecular formula is C62H113NO8. The smallest absolute Gasteiger partial charge is 0.306 e. The predicted molar refractivity (Wildman–Crippen MR) is 297 cm³/mol. The summed E-state index contributed by atoms with van der Waals surface area (Å²) in [7, 11) is 5.92. The summed E-state index contributed by atoms with van der Waals surface area (Å²) in [5, 5.41) is 11.8. The Labute approximate surface area is 438 Å². The molecule has 0 aromatic carbocycles. The van der Waals surface area contributed by atoms with Gasteiger partial charge < -0.3 is 33.3 Å². The SMILES string of the molecule is CCCCC/C=C\C/C=C\CCCCCCCC(=O)OCC(COC(OCC[N+](C)(C)C)C(=O)[O-])OC(=O)CCCCCCCCCCCCCCCCCCCCC/C=C\C/C=C\CCCCCCC. The first kappa shape index (κ1) is 68.2. The van der Waals surface area contributed by atoms with E-state index in [1.165, 1.54) is 173 Å². The highest BCUT2D eigenvalue weighted by Crippen LogP contribution is 2.17. The molecule has 0 heterocycles. The molecule has 414 valence electrons. The lowest BCUT2D eigenvalue weighted by atomic mass is 10.0. The molecule has 0 aliphatic heterocycles. The molecule has 2 unspecified atom stereocenters. The lowest BCUT2D eigenvalue weighted by Crippen LogP contribution is -2.44. The number of carbonyl (C=O) groups excluding carboxylic acids is 3. The molecule has 0 saturated carbocycles. The second-order valence-corrected chi connectivity index (χ2v) is 21.3. The number of likely N-dealkylation sites (N-methyl/N-ethyl adjacent to an activating group) is 1. The van der Waals surface area contributed by atoms with Crippen molar-refractivity contribution < 1.29 is 42.9 Å². The van der Waals surface area contributed by atoms with Crippen LogP contribution in [0.1, 0.15) is 271 Å². The summed E-state index contributed by atoms with van der Waals surface area (Å²) in [5.41, 5.74) is 0. The fourth-order valence-electron chi connectivity index (χ4n) is 8.42. The zero-order valence-corrected chi connectivity index (χ0v) is 47.1. The Bertz CT molecular complexity index is 1300. The third kappa shape index (κ3) is 54.9. The number of aliphatic carboxylic acids is 1. The molecule has 0 amide bonds. The van der Waals surface area contributed by atoms with Gasteiger partial charge in [-0.15, -0.1) is 0 Å². The maximum Gasteiger partial charge on any atom is 0.306 e. The van der Waals surface area contributed by atoms with Crippen molar-refractivity contribution in [2.75, 3.05) is 47.5 Å². The van der Waals surface area contributed by atoms with Gasteiger partial charge in [-0.25, -0.2) is 0 Å². The van der Waals surface area contributed by atoms with Gasteiger partial charge in [0, 0.05) is 12.8 Å². The van der Waals surface area contributed by atoms with Crippen molar-refractivity contribution in [3.63, 3.8) is 0 Å². The first-order valence-corrected chi connectivity index (χ1v) is 29.8. The van der Waals surface area contributed by atoms with E-state index < -0.39 is 24.3 Å². The van der Waals surface area contributed by atoms with Crippen LogP contribution in [0, 0.1) is 0 Å². The van der Waals surface area contributed by atoms with Gasteiger partial charge in [-0.1, -0.05) is 229 Å². The molecule has 71 heavy (non-hydrogen) atoms. The maximum atomic E-state index is 12.9. The van der Waals surface area contributed by atoms with Crippen LogP contribution in [0.2, 0.25) is 0 Å². The van der Waals surface area contributed by atoms with Crippen LogP contribution in [0.15, 0.2) is 48.6 Å². The minimum atomic E-state index is -1.62. The third-order valence-electron chi connectivity index (χ3n) is 13.0. The average Bonchev–Trinajstić information content (AvgIpc) is 3.34. The lowest BCUT2D eigenvalue weighted by Gasteiger charge is -2.26. The number of quaternary nitrogens is 1. The Hall–Kier alpha value is -2.75. The maximum absolute atomic E-state index is 12.9. The summed E-state index contributed by atoms with van der Waals surface area (Å²) in [6.07, 6.45) is 63.1. The number of hydrogen-bond acceptors (Lipinski definition) is 8. The Kier molecular flexibility index (Phi) is 51.5. The number of rotatable bonds is 55. The highest BCUT2D eigenvalue weighted by atomic mass is 16.7. The van der Waals surface area contributed by atoms with E-state index in [4.69, 9.17) is 18.9 Å². The van der Waals surface area contributed by atoms with Crippen LogP contribution in [-0.2, 0) is 33.3 Å². The van der Waals surface area contributed by atoms with E-state index >= 15 is 0 Å². The molecule has 0 aliphatic carbocycles. The van der Waals surface area contributed by atoms with Gasteiger partial charge in [-0.3, -0.25) is 9.59 Å². The zero-order valence-electron chi connectivity index (χ0n) is 47.1. The van der Waals surface area contributed by atoms with E-state index in [1.54, 1.807) is 0 Å². The quantitative estimate of drug-likeness (QED) is 0.0195. The Morgan fingerprint density at radius 3 is 1.14 bits per heavy atom. The normalized spacial score (nSPS) is 13.1. The van der Waals surface area contributed by atoms with E-state index in [-0.39, 0.29) is 38.6 Å². The summed E-state index contributed by atoms with van der Waals surface area (Å²) in [5.74, 6) is -2.29. The summed E-state index contributed by atoms with van der Waals surface area (Å²) < 4.78 is 22.7. The van der Waals surface area contributed by atoms with Crippen molar-refractivity contribution in [1.82, 2.24) is 0 Å². The first-order chi connectivity index (χ1) is 34.6. The number of carboxylic acid groups (broad SMARTS) is 1. The van der Waals surface area contributed by atoms with E-state index in [0.717, 1.165) is 64.2 Å². The van der Waals surface area contributed by atoms with Crippen molar-refractivity contribution in [3.8, 4) is 0 Å². The largest absolute Gasteiger partial charge is 0.545 e. The minimum Gasteiger partial charge on any atom is -0.545 e. The van der Waals surface area contributed by atoms with Gasteiger partial charge >= 0.3 is 11.9 Å². The van der Waals surface area contributed by atoms with Crippen molar-refractivity contribution in [2.45, 2.75) is 283 Å². The molecule has 2 atom stereocenters. The van der Waals surface area contributed by atoms with Gasteiger partial charge in [-0.2, -0.15) is 0 Å². The minimum absolute atomic E-state index is 0.146. The van der Waals surface area contributed by atoms with Crippen LogP contribution in [0.3, 0.4) is 0 Å². The standard InChI is InChI=1S/C62H113NO8/c1-6-8-10-12-14-16-18-20-22-23-24-25-26-27-28-29-30-31-32-33-34-35-36-37-39-41-43-45-47-49-51-53-60(65)71-58(57-70-62(61(66)67)68-55-54-63(3,4)5)56-69-59(64)52-50-48-46-44-42-40-38-21-19-17-15-13-11-9-7-2/h15,17-18,20-21,23-24,38,58,62H,6-14,16,19,22,25-37,39-57H2,1-5H3/b17-15-,20-18-,24-23-,38-21-. The van der Waals surface area contributed by atoms with Crippen LogP contribution in [0.25, 0.3) is 0 Å². The fourth-order valence-corrected chi connectivity index (χ4v) is 8.42. The van der Waals surface area contributed by atoms with Crippen LogP contribution >= 0.6 is 0 Å². The van der Waals surface area contributed by atoms with Crippen LogP contribution in [0.4, 0.5) is 0 Å². The molecule has 0 aromatic heterocycles. The molecular weight excluding hydrogens is 887 g/mol. The highest BCUT2D eigenvalue weighted by molar-refractivity contribution is 5.70. The second kappa shape index (κ2) is 53.5. The second-order valence-electron chi connectivity index (χ2n) is 21.3. The number of esters is 2. The number of nitrogens with zero attached hydrogens (tertiary/aromatic N) is 1. The number of unbranched alkanes of at least 4 members (excludes halogenated alkanes) is 32. The molecule has 0 aromatic rings. The van der Waals surface area contributed by atoms with Gasteiger partial charge in [0.05, 0.1) is 40.3 Å². The number of hydrogen-bond donors (Lipinski definition) is 0. The van der Waals surface area contributed by atoms with E-state index in [1.807, 2.05) is 21.1 Å². The van der Waals surface area contributed by atoms with Crippen LogP contribution in [-0.4, -0.2) is 82.3 Å². The molecule has 0 saturated heterocycles. The molecule has 0 N–H and O–H groups in total. The number of carbonyl (C=O) groups is 3. The lowest BCUT2D eigenvalue weighted by molar-refractivity contribution is -0.870. The highest BCUT2D eigenvalue weighted by Gasteiger charge is 2.22. The van der Waals surface area contributed by atoms with Crippen molar-refractivity contribution in [1.29, 1.82) is 0 Å². The van der Waals surface area contributed by atoms with Gasteiger partial charge in [0.25, 0.3) is 0 Å². The van der Waals surface area contributed by atoms with Gasteiger partial charge in [0.1, 0.15) is 13.2 Å². The predicted octanol–water partition coefficient (Wildman–Crippen LogP) is 16.1. The Morgan fingerprint density at radius 1 is 0.423 bits per heavy atom. The van der Waals surface area contributed by atoms with Crippen molar-refractivity contribution in [2.24, 2.45) is 0 Å². The van der Waals surface area contributed by atoms with E-state index in [0.29, 0.717) is 17.4 Å². The summed E-state index contributed by atoms with van der Waals surface area (Å²) >= 11 is 0. The molecule has 9 nitrogen and oxygen atoms in total. The molecule has 9 heteroatoms. The summed E-state index contributed by atoms with van der Waals surface area (Å²) in [6.45, 7) is 4.72. The summed E-state index contributed by atoms with van der Waals surface area (Å²) in [6, 6.07) is 0. The van der Waals surface area contributed by atoms with Gasteiger partial charge in [-0.05, 0) is 77.0 Å². The van der Waals surface area contributed by atoms with Crippen molar-refractivity contribution in [3.05, 3.63) is 48.6 Å². The van der Waals surface area contributed by atoms with Crippen molar-refractivity contribution >= 4 is 17.9 Å². The Morgan fingerprint density at radius 2 is 0.761 bits per heavy atom. The molecule has 0 fully saturated rings. The molecule has 0 spiro atoms. The molecule has 0 aliphatic rings.